The van der Waals surface area contributed by atoms with E-state index in [0.29, 0.717) is 17.5 Å². The molecule has 0 saturated carbocycles. The second kappa shape index (κ2) is 9.97. The Morgan fingerprint density at radius 1 is 0.432 bits per heavy atom. The minimum absolute atomic E-state index is 0.659. The Morgan fingerprint density at radius 2 is 1.02 bits per heavy atom. The molecule has 44 heavy (non-hydrogen) atoms. The van der Waals surface area contributed by atoms with Crippen LogP contribution in [0.5, 0.6) is 0 Å². The van der Waals surface area contributed by atoms with Crippen molar-refractivity contribution in [3.05, 3.63) is 140 Å². The van der Waals surface area contributed by atoms with E-state index in [1.54, 1.807) is 0 Å². The van der Waals surface area contributed by atoms with Gasteiger partial charge in [0.2, 0.25) is 0 Å². The fourth-order valence-electron chi connectivity index (χ4n) is 6.09. The monoisotopic (exact) mass is 581 g/mol. The minimum atomic E-state index is 0.659. The minimum Gasteiger partial charge on any atom is -0.456 e. The molecule has 206 valence electrons. The fraction of sp³-hybridized carbons (Fsp3) is 0. The molecule has 0 N–H and O–H groups in total. The second-order valence-corrected chi connectivity index (χ2v) is 11.9. The standard InChI is InChI=1S/C39H23N3OS/c1-3-11-24(12-4-1)37-40-38(25-13-5-2-6-14-25)42-39(41-37)26-21-22-27-29-17-9-18-30(36(29)44-34(27)23-26)28-16-10-20-33-35(28)31-15-7-8-19-32(31)43-33/h1-23H. The molecule has 0 amide bonds. The Morgan fingerprint density at radius 3 is 1.77 bits per heavy atom. The summed E-state index contributed by atoms with van der Waals surface area (Å²) in [5.41, 5.74) is 7.09. The zero-order valence-corrected chi connectivity index (χ0v) is 24.3. The molecule has 3 heterocycles. The third kappa shape index (κ3) is 4.02. The number of hydrogen-bond donors (Lipinski definition) is 0. The van der Waals surface area contributed by atoms with Gasteiger partial charge in [0, 0.05) is 53.2 Å². The highest BCUT2D eigenvalue weighted by Crippen LogP contribution is 2.44. The third-order valence-corrected chi connectivity index (χ3v) is 9.35. The summed E-state index contributed by atoms with van der Waals surface area (Å²) in [6.45, 7) is 0. The Hall–Kier alpha value is -5.65. The number of rotatable bonds is 4. The van der Waals surface area contributed by atoms with Crippen LogP contribution in [0.4, 0.5) is 0 Å². The lowest BCUT2D eigenvalue weighted by Gasteiger charge is -2.08. The van der Waals surface area contributed by atoms with E-state index in [1.807, 2.05) is 84.1 Å². The maximum absolute atomic E-state index is 6.22. The molecule has 0 spiro atoms. The van der Waals surface area contributed by atoms with E-state index in [9.17, 15) is 0 Å². The summed E-state index contributed by atoms with van der Waals surface area (Å²) < 4.78 is 8.66. The van der Waals surface area contributed by atoms with Gasteiger partial charge in [0.05, 0.1) is 0 Å². The molecule has 0 bridgehead atoms. The van der Waals surface area contributed by atoms with Gasteiger partial charge in [-0.05, 0) is 23.8 Å². The Labute approximate surface area is 256 Å². The summed E-state index contributed by atoms with van der Waals surface area (Å²) in [5.74, 6) is 1.98. The van der Waals surface area contributed by atoms with Crippen LogP contribution < -0.4 is 0 Å². The van der Waals surface area contributed by atoms with Gasteiger partial charge in [0.25, 0.3) is 0 Å². The molecule has 9 rings (SSSR count). The molecule has 3 aromatic heterocycles. The first-order valence-corrected chi connectivity index (χ1v) is 15.3. The Kier molecular flexibility index (Phi) is 5.64. The summed E-state index contributed by atoms with van der Waals surface area (Å²) >= 11 is 1.81. The number of aromatic nitrogens is 3. The number of benzene rings is 6. The van der Waals surface area contributed by atoms with Crippen LogP contribution in [0.15, 0.2) is 144 Å². The predicted molar refractivity (Wildman–Crippen MR) is 182 cm³/mol. The second-order valence-electron chi connectivity index (χ2n) is 10.8. The maximum Gasteiger partial charge on any atom is 0.164 e. The van der Waals surface area contributed by atoms with E-state index in [2.05, 4.69) is 66.7 Å². The van der Waals surface area contributed by atoms with Crippen LogP contribution in [0.25, 0.3) is 87.4 Å². The molecule has 5 heteroatoms. The van der Waals surface area contributed by atoms with Gasteiger partial charge in [0.15, 0.2) is 17.5 Å². The first-order chi connectivity index (χ1) is 21.8. The zero-order chi connectivity index (χ0) is 29.0. The summed E-state index contributed by atoms with van der Waals surface area (Å²) in [6, 6.07) is 47.9. The highest BCUT2D eigenvalue weighted by atomic mass is 32.1. The topological polar surface area (TPSA) is 51.8 Å². The highest BCUT2D eigenvalue weighted by molar-refractivity contribution is 7.26. The van der Waals surface area contributed by atoms with E-state index >= 15 is 0 Å². The van der Waals surface area contributed by atoms with Crippen LogP contribution in [0, 0.1) is 0 Å². The number of nitrogens with zero attached hydrogens (tertiary/aromatic N) is 3. The van der Waals surface area contributed by atoms with Gasteiger partial charge in [-0.15, -0.1) is 11.3 Å². The Balaban J connectivity index is 1.23. The number of hydrogen-bond acceptors (Lipinski definition) is 5. The van der Waals surface area contributed by atoms with Crippen LogP contribution in [0.2, 0.25) is 0 Å². The van der Waals surface area contributed by atoms with E-state index in [4.69, 9.17) is 19.4 Å². The molecule has 4 nitrogen and oxygen atoms in total. The van der Waals surface area contributed by atoms with Gasteiger partial charge in [-0.2, -0.15) is 0 Å². The summed E-state index contributed by atoms with van der Waals surface area (Å²) in [5, 5.41) is 4.75. The van der Waals surface area contributed by atoms with E-state index in [-0.39, 0.29) is 0 Å². The predicted octanol–water partition coefficient (Wildman–Crippen LogP) is 10.8. The quantitative estimate of drug-likeness (QED) is 0.207. The van der Waals surface area contributed by atoms with E-state index < -0.39 is 0 Å². The van der Waals surface area contributed by atoms with Crippen molar-refractivity contribution in [2.24, 2.45) is 0 Å². The van der Waals surface area contributed by atoms with Gasteiger partial charge < -0.3 is 4.42 Å². The zero-order valence-electron chi connectivity index (χ0n) is 23.4. The molecule has 0 saturated heterocycles. The van der Waals surface area contributed by atoms with Crippen molar-refractivity contribution < 1.29 is 4.42 Å². The average molecular weight is 582 g/mol. The van der Waals surface area contributed by atoms with Crippen LogP contribution in [0.1, 0.15) is 0 Å². The SMILES string of the molecule is c1ccc(-c2nc(-c3ccccc3)nc(-c3ccc4c(c3)sc3c(-c5cccc6oc7ccccc7c56)cccc34)n2)cc1. The van der Waals surface area contributed by atoms with Gasteiger partial charge in [-0.3, -0.25) is 0 Å². The van der Waals surface area contributed by atoms with Gasteiger partial charge in [0.1, 0.15) is 11.2 Å². The molecular weight excluding hydrogens is 559 g/mol. The van der Waals surface area contributed by atoms with Crippen molar-refractivity contribution in [1.29, 1.82) is 0 Å². The molecule has 0 atom stereocenters. The molecule has 9 aromatic rings. The van der Waals surface area contributed by atoms with Crippen molar-refractivity contribution in [1.82, 2.24) is 15.0 Å². The lowest BCUT2D eigenvalue weighted by molar-refractivity contribution is 0.669. The number of furan rings is 1. The molecule has 0 fully saturated rings. The van der Waals surface area contributed by atoms with Crippen molar-refractivity contribution >= 4 is 53.4 Å². The van der Waals surface area contributed by atoms with Gasteiger partial charge >= 0.3 is 0 Å². The molecule has 6 aromatic carbocycles. The Bertz CT molecular complexity index is 2440. The number of thiophene rings is 1. The van der Waals surface area contributed by atoms with E-state index in [0.717, 1.165) is 38.6 Å². The van der Waals surface area contributed by atoms with E-state index in [1.165, 1.54) is 31.3 Å². The maximum atomic E-state index is 6.22. The van der Waals surface area contributed by atoms with Gasteiger partial charge in [-0.25, -0.2) is 15.0 Å². The third-order valence-electron chi connectivity index (χ3n) is 8.15. The normalized spacial score (nSPS) is 11.6. The molecule has 0 aliphatic heterocycles. The summed E-state index contributed by atoms with van der Waals surface area (Å²) in [7, 11) is 0. The van der Waals surface area contributed by atoms with Crippen LogP contribution >= 0.6 is 11.3 Å². The molecule has 0 aliphatic carbocycles. The molecule has 0 radical (unpaired) electrons. The van der Waals surface area contributed by atoms with Crippen molar-refractivity contribution in [2.75, 3.05) is 0 Å². The summed E-state index contributed by atoms with van der Waals surface area (Å²) in [4.78, 5) is 14.8. The van der Waals surface area contributed by atoms with Crippen molar-refractivity contribution in [3.8, 4) is 45.3 Å². The number of fused-ring (bicyclic) bond motifs is 6. The highest BCUT2D eigenvalue weighted by Gasteiger charge is 2.18. The lowest BCUT2D eigenvalue weighted by atomic mass is 9.98. The molecule has 0 unspecified atom stereocenters. The van der Waals surface area contributed by atoms with Crippen molar-refractivity contribution in [3.63, 3.8) is 0 Å². The molecular formula is C39H23N3OS. The lowest BCUT2D eigenvalue weighted by Crippen LogP contribution is -1.99. The van der Waals surface area contributed by atoms with Crippen LogP contribution in [-0.4, -0.2) is 15.0 Å². The van der Waals surface area contributed by atoms with Crippen LogP contribution in [-0.2, 0) is 0 Å². The van der Waals surface area contributed by atoms with Crippen LogP contribution in [0.3, 0.4) is 0 Å². The smallest absolute Gasteiger partial charge is 0.164 e. The van der Waals surface area contributed by atoms with Gasteiger partial charge in [-0.1, -0.05) is 121 Å². The largest absolute Gasteiger partial charge is 0.456 e. The first-order valence-electron chi connectivity index (χ1n) is 14.5. The van der Waals surface area contributed by atoms with Crippen molar-refractivity contribution in [2.45, 2.75) is 0 Å². The first kappa shape index (κ1) is 24.9. The molecule has 0 aliphatic rings. The number of para-hydroxylation sites is 1. The average Bonchev–Trinajstić information content (AvgIpc) is 3.67. The fourth-order valence-corrected chi connectivity index (χ4v) is 7.36. The summed E-state index contributed by atoms with van der Waals surface area (Å²) in [6.07, 6.45) is 0.